The van der Waals surface area contributed by atoms with Crippen LogP contribution in [0.25, 0.3) is 0 Å². The lowest BCUT2D eigenvalue weighted by molar-refractivity contribution is -0.173. The minimum atomic E-state index is -1.28. The number of hydrogen-bond acceptors (Lipinski definition) is 5. The van der Waals surface area contributed by atoms with E-state index in [-0.39, 0.29) is 12.5 Å². The Morgan fingerprint density at radius 1 is 1.44 bits per heavy atom. The Bertz CT molecular complexity index is 735. The first kappa shape index (κ1) is 17.9. The Morgan fingerprint density at radius 2 is 2.16 bits per heavy atom. The summed E-state index contributed by atoms with van der Waals surface area (Å²) in [6.07, 6.45) is 4.90. The number of esters is 1. The highest BCUT2D eigenvalue weighted by Crippen LogP contribution is 2.52. The molecule has 1 saturated carbocycles. The van der Waals surface area contributed by atoms with Crippen molar-refractivity contribution in [2.45, 2.75) is 38.3 Å². The predicted molar refractivity (Wildman–Crippen MR) is 93.0 cm³/mol. The fraction of sp³-hybridized carbons (Fsp3) is 0.500. The molecule has 0 saturated heterocycles. The van der Waals surface area contributed by atoms with E-state index >= 15 is 0 Å². The van der Waals surface area contributed by atoms with Gasteiger partial charge in [-0.2, -0.15) is 5.10 Å². The summed E-state index contributed by atoms with van der Waals surface area (Å²) in [4.78, 5) is 16.4. The molecule has 134 valence electrons. The van der Waals surface area contributed by atoms with E-state index in [4.69, 9.17) is 16.3 Å². The summed E-state index contributed by atoms with van der Waals surface area (Å²) in [7, 11) is 1.36. The summed E-state index contributed by atoms with van der Waals surface area (Å²) < 4.78 is 6.58. The average molecular weight is 364 g/mol. The summed E-state index contributed by atoms with van der Waals surface area (Å²) in [6.45, 7) is 1.97. The SMILES string of the molecule is COC(=O)[C@]1(C)CC[C@@H](Cc2ccc(Cl)cc2)[C@@]1(O)Cn1cncn1. The molecule has 2 aromatic rings. The van der Waals surface area contributed by atoms with Crippen LogP contribution in [0, 0.1) is 11.3 Å². The van der Waals surface area contributed by atoms with Gasteiger partial charge in [-0.15, -0.1) is 0 Å². The second kappa shape index (κ2) is 6.77. The smallest absolute Gasteiger partial charge is 0.314 e. The maximum Gasteiger partial charge on any atom is 0.314 e. The minimum absolute atomic E-state index is 0.109. The molecule has 1 heterocycles. The summed E-state index contributed by atoms with van der Waals surface area (Å²) in [5.41, 5.74) is -1.21. The molecule has 7 heteroatoms. The summed E-state index contributed by atoms with van der Waals surface area (Å²) in [5, 5.41) is 16.4. The zero-order chi connectivity index (χ0) is 18.1. The van der Waals surface area contributed by atoms with E-state index in [1.807, 2.05) is 24.3 Å². The second-order valence-electron chi connectivity index (χ2n) is 6.91. The van der Waals surface area contributed by atoms with Gasteiger partial charge in [0.15, 0.2) is 0 Å². The van der Waals surface area contributed by atoms with Crippen LogP contribution in [-0.4, -0.2) is 38.6 Å². The normalized spacial score (nSPS) is 28.9. The molecule has 1 aromatic carbocycles. The van der Waals surface area contributed by atoms with Crippen molar-refractivity contribution in [1.29, 1.82) is 0 Å². The van der Waals surface area contributed by atoms with E-state index < -0.39 is 17.0 Å². The third kappa shape index (κ3) is 3.16. The van der Waals surface area contributed by atoms with Crippen LogP contribution in [0.5, 0.6) is 0 Å². The van der Waals surface area contributed by atoms with E-state index in [2.05, 4.69) is 10.1 Å². The van der Waals surface area contributed by atoms with Crippen LogP contribution in [-0.2, 0) is 22.5 Å². The van der Waals surface area contributed by atoms with Gasteiger partial charge in [-0.25, -0.2) is 4.98 Å². The Kier molecular flexibility index (Phi) is 4.84. The molecule has 3 rings (SSSR count). The maximum atomic E-state index is 12.5. The number of aromatic nitrogens is 3. The number of halogens is 1. The Morgan fingerprint density at radius 3 is 2.76 bits per heavy atom. The van der Waals surface area contributed by atoms with Gasteiger partial charge in [0.25, 0.3) is 0 Å². The van der Waals surface area contributed by atoms with E-state index in [0.717, 1.165) is 12.0 Å². The van der Waals surface area contributed by atoms with E-state index in [0.29, 0.717) is 17.9 Å². The fourth-order valence-electron chi connectivity index (χ4n) is 3.91. The molecule has 0 radical (unpaired) electrons. The third-order valence-electron chi connectivity index (χ3n) is 5.52. The van der Waals surface area contributed by atoms with Crippen molar-refractivity contribution in [3.63, 3.8) is 0 Å². The number of hydrogen-bond donors (Lipinski definition) is 1. The fourth-order valence-corrected chi connectivity index (χ4v) is 4.04. The highest BCUT2D eigenvalue weighted by molar-refractivity contribution is 6.30. The Balaban J connectivity index is 1.93. The van der Waals surface area contributed by atoms with Crippen LogP contribution < -0.4 is 0 Å². The van der Waals surface area contributed by atoms with Crippen LogP contribution >= 0.6 is 11.6 Å². The summed E-state index contributed by atoms with van der Waals surface area (Å²) >= 11 is 5.96. The molecule has 25 heavy (non-hydrogen) atoms. The minimum Gasteiger partial charge on any atom is -0.469 e. The van der Waals surface area contributed by atoms with Gasteiger partial charge in [0.05, 0.1) is 19.1 Å². The van der Waals surface area contributed by atoms with Crippen molar-refractivity contribution in [2.24, 2.45) is 11.3 Å². The molecule has 1 aromatic heterocycles. The molecule has 1 aliphatic rings. The largest absolute Gasteiger partial charge is 0.469 e. The van der Waals surface area contributed by atoms with Crippen LogP contribution in [0.4, 0.5) is 0 Å². The number of ether oxygens (including phenoxy) is 1. The van der Waals surface area contributed by atoms with Crippen LogP contribution in [0.15, 0.2) is 36.9 Å². The van der Waals surface area contributed by atoms with Crippen molar-refractivity contribution in [2.75, 3.05) is 7.11 Å². The average Bonchev–Trinajstić information content (AvgIpc) is 3.19. The van der Waals surface area contributed by atoms with E-state index in [1.165, 1.54) is 13.4 Å². The number of nitrogens with zero attached hydrogens (tertiary/aromatic N) is 3. The van der Waals surface area contributed by atoms with E-state index in [9.17, 15) is 9.90 Å². The molecule has 0 bridgehead atoms. The van der Waals surface area contributed by atoms with Crippen molar-refractivity contribution in [3.8, 4) is 0 Å². The number of benzene rings is 1. The zero-order valence-electron chi connectivity index (χ0n) is 14.4. The molecule has 0 spiro atoms. The van der Waals surface area contributed by atoms with Gasteiger partial charge >= 0.3 is 5.97 Å². The quantitative estimate of drug-likeness (QED) is 0.826. The topological polar surface area (TPSA) is 77.2 Å². The van der Waals surface area contributed by atoms with Gasteiger partial charge in [0.1, 0.15) is 18.3 Å². The van der Waals surface area contributed by atoms with Gasteiger partial charge in [0, 0.05) is 5.02 Å². The predicted octanol–water partition coefficient (Wildman–Crippen LogP) is 2.49. The highest BCUT2D eigenvalue weighted by Gasteiger charge is 2.61. The van der Waals surface area contributed by atoms with Crippen molar-refractivity contribution in [1.82, 2.24) is 14.8 Å². The first-order chi connectivity index (χ1) is 11.9. The molecule has 6 nitrogen and oxygen atoms in total. The molecule has 0 amide bonds. The lowest BCUT2D eigenvalue weighted by atomic mass is 9.71. The molecule has 0 unspecified atom stereocenters. The molecule has 1 fully saturated rings. The van der Waals surface area contributed by atoms with Crippen molar-refractivity contribution >= 4 is 17.6 Å². The number of carbonyl (C=O) groups excluding carboxylic acids is 1. The number of rotatable bonds is 5. The number of carbonyl (C=O) groups is 1. The Hall–Kier alpha value is -1.92. The number of aliphatic hydroxyl groups is 1. The van der Waals surface area contributed by atoms with Crippen LogP contribution in [0.3, 0.4) is 0 Å². The first-order valence-corrected chi connectivity index (χ1v) is 8.64. The van der Waals surface area contributed by atoms with Gasteiger partial charge in [-0.05, 0) is 49.8 Å². The summed E-state index contributed by atoms with van der Waals surface area (Å²) in [6, 6.07) is 7.57. The number of methoxy groups -OCH3 is 1. The third-order valence-corrected chi connectivity index (χ3v) is 5.78. The second-order valence-corrected chi connectivity index (χ2v) is 7.34. The molecular formula is C18H22ClN3O3. The molecule has 3 atom stereocenters. The van der Waals surface area contributed by atoms with Gasteiger partial charge < -0.3 is 9.84 Å². The zero-order valence-corrected chi connectivity index (χ0v) is 15.1. The first-order valence-electron chi connectivity index (χ1n) is 8.27. The maximum absolute atomic E-state index is 12.5. The Labute approximate surface area is 151 Å². The summed E-state index contributed by atoms with van der Waals surface area (Å²) in [5.74, 6) is -0.504. The highest BCUT2D eigenvalue weighted by atomic mass is 35.5. The van der Waals surface area contributed by atoms with Crippen LogP contribution in [0.1, 0.15) is 25.3 Å². The molecule has 1 N–H and O–H groups in total. The van der Waals surface area contributed by atoms with Gasteiger partial charge in [-0.1, -0.05) is 23.7 Å². The molecule has 1 aliphatic carbocycles. The lowest BCUT2D eigenvalue weighted by Crippen LogP contribution is -2.54. The standard InChI is InChI=1S/C18H22ClN3O3/c1-17(16(23)25-2)8-7-14(9-13-3-5-15(19)6-4-13)18(17,24)10-22-12-20-11-21-22/h3-6,11-12,14,24H,7-10H2,1-2H3/t14-,17-,18-/m0/s1. The van der Waals surface area contributed by atoms with E-state index in [1.54, 1.807) is 17.9 Å². The van der Waals surface area contributed by atoms with Crippen molar-refractivity contribution < 1.29 is 14.6 Å². The van der Waals surface area contributed by atoms with Crippen LogP contribution in [0.2, 0.25) is 5.02 Å². The lowest BCUT2D eigenvalue weighted by Gasteiger charge is -2.40. The monoisotopic (exact) mass is 363 g/mol. The van der Waals surface area contributed by atoms with Gasteiger partial charge in [0.2, 0.25) is 0 Å². The molecular weight excluding hydrogens is 342 g/mol. The molecule has 0 aliphatic heterocycles. The van der Waals surface area contributed by atoms with Gasteiger partial charge in [-0.3, -0.25) is 9.48 Å². The van der Waals surface area contributed by atoms with Crippen molar-refractivity contribution in [3.05, 3.63) is 47.5 Å².